The van der Waals surface area contributed by atoms with Gasteiger partial charge in [0.05, 0.1) is 34.4 Å². The molecule has 0 aromatic heterocycles. The highest BCUT2D eigenvalue weighted by Gasteiger charge is 2.25. The monoisotopic (exact) mass is 1070 g/mol. The third-order valence-electron chi connectivity index (χ3n) is 14.7. The van der Waals surface area contributed by atoms with Gasteiger partial charge in [0.25, 0.3) is 6.29 Å². The number of esters is 2. The topological polar surface area (TPSA) is 108 Å². The molecule has 9 heteroatoms. The fourth-order valence-electron chi connectivity index (χ4n) is 9.68. The summed E-state index contributed by atoms with van der Waals surface area (Å²) in [6.45, 7) is 4.80. The number of nitrogens with zero attached hydrogens (tertiary/aromatic N) is 1. The average Bonchev–Trinajstić information content (AvgIpc) is 3.39. The first-order chi connectivity index (χ1) is 37.1. The summed E-state index contributed by atoms with van der Waals surface area (Å²) in [5.74, 6) is -2.00. The number of carboxylic acids is 1. The summed E-state index contributed by atoms with van der Waals surface area (Å²) in [6.07, 6.45) is 69.8. The van der Waals surface area contributed by atoms with E-state index in [9.17, 15) is 19.5 Å². The van der Waals surface area contributed by atoms with Crippen molar-refractivity contribution in [3.63, 3.8) is 0 Å². The minimum Gasteiger partial charge on any atom is -0.477 e. The molecule has 0 heterocycles. The minimum absolute atomic E-state index is 0.183. The van der Waals surface area contributed by atoms with E-state index in [0.717, 1.165) is 64.2 Å². The van der Waals surface area contributed by atoms with E-state index < -0.39 is 24.3 Å². The Morgan fingerprint density at radius 3 is 1.12 bits per heavy atom. The maximum absolute atomic E-state index is 12.9. The van der Waals surface area contributed by atoms with E-state index in [4.69, 9.17) is 18.9 Å². The van der Waals surface area contributed by atoms with Crippen LogP contribution in [0.1, 0.15) is 316 Å². The average molecular weight is 1070 g/mol. The van der Waals surface area contributed by atoms with Gasteiger partial charge >= 0.3 is 17.9 Å². The summed E-state index contributed by atoms with van der Waals surface area (Å²) in [6, 6.07) is 0. The molecule has 0 aliphatic heterocycles. The number of aliphatic carboxylic acids is 1. The van der Waals surface area contributed by atoms with Crippen LogP contribution in [0.4, 0.5) is 0 Å². The Hall–Kier alpha value is -2.49. The fourth-order valence-corrected chi connectivity index (χ4v) is 9.68. The van der Waals surface area contributed by atoms with Crippen LogP contribution in [0, 0.1) is 0 Å². The van der Waals surface area contributed by atoms with E-state index in [-0.39, 0.29) is 32.2 Å². The molecule has 446 valence electrons. The van der Waals surface area contributed by atoms with Crippen LogP contribution < -0.4 is 0 Å². The number of quaternary nitrogens is 1. The molecule has 2 atom stereocenters. The molecule has 76 heavy (non-hydrogen) atoms. The standard InChI is InChI=1S/C67H125NO8/c1-6-8-10-12-14-16-18-20-22-24-25-26-27-28-29-30-31-32-33-34-35-36-37-38-39-40-42-43-45-47-49-51-53-55-57-64(69)74-61-63(62-75-67(66(71)72)73-60-59-68(3,4)5)76-65(70)58-56-54-52-50-48-46-44-41-23-21-19-17-15-13-11-9-7-2/h9,11,15,17,21,23,63,67H,6-8,10,12-14,16,18-20,22,24-62H2,1-5H3/p+1/b11-9-,17-15-,23-21-. The zero-order valence-electron chi connectivity index (χ0n) is 50.9. The number of rotatable bonds is 61. The first kappa shape index (κ1) is 73.5. The van der Waals surface area contributed by atoms with Gasteiger partial charge < -0.3 is 28.5 Å². The number of likely N-dealkylation sites (N-methyl/N-ethyl adjacent to an activating group) is 1. The van der Waals surface area contributed by atoms with Crippen molar-refractivity contribution in [2.75, 3.05) is 47.5 Å². The lowest BCUT2D eigenvalue weighted by Crippen LogP contribution is -2.40. The summed E-state index contributed by atoms with van der Waals surface area (Å²) in [4.78, 5) is 37.5. The second kappa shape index (κ2) is 58.7. The van der Waals surface area contributed by atoms with Crippen LogP contribution >= 0.6 is 0 Å². The van der Waals surface area contributed by atoms with E-state index in [1.807, 2.05) is 21.1 Å². The predicted molar refractivity (Wildman–Crippen MR) is 323 cm³/mol. The number of hydrogen-bond acceptors (Lipinski definition) is 7. The van der Waals surface area contributed by atoms with Gasteiger partial charge in [0.2, 0.25) is 0 Å². The Bertz CT molecular complexity index is 1340. The molecule has 0 fully saturated rings. The van der Waals surface area contributed by atoms with Crippen molar-refractivity contribution in [1.82, 2.24) is 0 Å². The summed E-state index contributed by atoms with van der Waals surface area (Å²) < 4.78 is 22.9. The third kappa shape index (κ3) is 59.2. The molecule has 1 N–H and O–H groups in total. The van der Waals surface area contributed by atoms with Crippen molar-refractivity contribution in [2.45, 2.75) is 328 Å². The number of carbonyl (C=O) groups excluding carboxylic acids is 2. The van der Waals surface area contributed by atoms with Gasteiger partial charge in [-0.3, -0.25) is 9.59 Å². The molecule has 0 saturated heterocycles. The van der Waals surface area contributed by atoms with Gasteiger partial charge in [-0.05, 0) is 44.9 Å². The van der Waals surface area contributed by atoms with Crippen LogP contribution in [0.5, 0.6) is 0 Å². The number of ether oxygens (including phenoxy) is 4. The van der Waals surface area contributed by atoms with E-state index >= 15 is 0 Å². The number of carboxylic acid groups (broad SMARTS) is 1. The second-order valence-electron chi connectivity index (χ2n) is 23.4. The van der Waals surface area contributed by atoms with Gasteiger partial charge in [-0.25, -0.2) is 4.79 Å². The molecule has 0 aromatic carbocycles. The SMILES string of the molecule is CC/C=C\C/C=C\C/C=C\CCCCCCCCCC(=O)OC(COC(=O)CCCCCCCCCCCCCCCCCCCCCCCCCCCCCCCCCCCC)COC(OCC[N+](C)(C)C)C(=O)O. The van der Waals surface area contributed by atoms with Crippen LogP contribution in [0.3, 0.4) is 0 Å². The maximum Gasteiger partial charge on any atom is 0.361 e. The molecule has 9 nitrogen and oxygen atoms in total. The van der Waals surface area contributed by atoms with E-state index in [1.165, 1.54) is 218 Å². The molecule has 0 aromatic rings. The molecule has 2 unspecified atom stereocenters. The molecule has 0 aliphatic carbocycles. The summed E-state index contributed by atoms with van der Waals surface area (Å²) in [7, 11) is 5.97. The molecule has 0 bridgehead atoms. The molecule has 0 aliphatic rings. The summed E-state index contributed by atoms with van der Waals surface area (Å²) >= 11 is 0. The highest BCUT2D eigenvalue weighted by atomic mass is 16.7. The van der Waals surface area contributed by atoms with Crippen molar-refractivity contribution < 1.29 is 42.9 Å². The quantitative estimate of drug-likeness (QED) is 0.0211. The molecule has 0 amide bonds. The zero-order valence-corrected chi connectivity index (χ0v) is 50.9. The maximum atomic E-state index is 12.9. The minimum atomic E-state index is -1.51. The van der Waals surface area contributed by atoms with Crippen LogP contribution in [-0.4, -0.2) is 87.4 Å². The summed E-state index contributed by atoms with van der Waals surface area (Å²) in [5.41, 5.74) is 0. The molecule has 0 rings (SSSR count). The van der Waals surface area contributed by atoms with Gasteiger partial charge in [0, 0.05) is 12.8 Å². The van der Waals surface area contributed by atoms with Crippen molar-refractivity contribution in [2.24, 2.45) is 0 Å². The Labute approximate surface area is 470 Å². The Morgan fingerprint density at radius 2 is 0.750 bits per heavy atom. The number of carbonyl (C=O) groups is 3. The lowest BCUT2D eigenvalue weighted by molar-refractivity contribution is -0.870. The Morgan fingerprint density at radius 1 is 0.408 bits per heavy atom. The number of allylic oxidation sites excluding steroid dienone is 6. The Balaban J connectivity index is 4.00. The van der Waals surface area contributed by atoms with Crippen LogP contribution in [0.25, 0.3) is 0 Å². The lowest BCUT2D eigenvalue weighted by atomic mass is 10.0. The molecular formula is C67H126NO8+. The number of unbranched alkanes of at least 4 members (excludes halogenated alkanes) is 40. The lowest BCUT2D eigenvalue weighted by Gasteiger charge is -2.25. The number of hydrogen-bond donors (Lipinski definition) is 1. The molecule has 0 saturated carbocycles. The van der Waals surface area contributed by atoms with E-state index in [2.05, 4.69) is 50.3 Å². The first-order valence-electron chi connectivity index (χ1n) is 32.7. The molecule has 0 radical (unpaired) electrons. The predicted octanol–water partition coefficient (Wildman–Crippen LogP) is 19.6. The fraction of sp³-hybridized carbons (Fsp3) is 0.866. The van der Waals surface area contributed by atoms with Crippen molar-refractivity contribution in [3.8, 4) is 0 Å². The van der Waals surface area contributed by atoms with Crippen molar-refractivity contribution in [3.05, 3.63) is 36.5 Å². The van der Waals surface area contributed by atoms with Gasteiger partial charge in [-0.15, -0.1) is 0 Å². The normalized spacial score (nSPS) is 12.9. The highest BCUT2D eigenvalue weighted by molar-refractivity contribution is 5.71. The summed E-state index contributed by atoms with van der Waals surface area (Å²) in [5, 5.41) is 9.71. The van der Waals surface area contributed by atoms with Crippen molar-refractivity contribution >= 4 is 17.9 Å². The second-order valence-corrected chi connectivity index (χ2v) is 23.4. The smallest absolute Gasteiger partial charge is 0.361 e. The van der Waals surface area contributed by atoms with Gasteiger partial charge in [-0.2, -0.15) is 0 Å². The third-order valence-corrected chi connectivity index (χ3v) is 14.7. The van der Waals surface area contributed by atoms with Crippen LogP contribution in [-0.2, 0) is 33.3 Å². The zero-order chi connectivity index (χ0) is 55.5. The molecular weight excluding hydrogens is 947 g/mol. The van der Waals surface area contributed by atoms with E-state index in [1.54, 1.807) is 0 Å². The van der Waals surface area contributed by atoms with Gasteiger partial charge in [0.1, 0.15) is 13.2 Å². The van der Waals surface area contributed by atoms with Crippen LogP contribution in [0.15, 0.2) is 36.5 Å². The van der Waals surface area contributed by atoms with E-state index in [0.29, 0.717) is 23.9 Å². The Kier molecular flexibility index (Phi) is 56.7. The van der Waals surface area contributed by atoms with Crippen LogP contribution in [0.2, 0.25) is 0 Å². The highest BCUT2D eigenvalue weighted by Crippen LogP contribution is 2.18. The first-order valence-corrected chi connectivity index (χ1v) is 32.7. The molecule has 0 spiro atoms. The van der Waals surface area contributed by atoms with Gasteiger partial charge in [-0.1, -0.05) is 294 Å². The largest absolute Gasteiger partial charge is 0.477 e. The van der Waals surface area contributed by atoms with Crippen molar-refractivity contribution in [1.29, 1.82) is 0 Å². The van der Waals surface area contributed by atoms with Gasteiger partial charge in [0.15, 0.2) is 6.10 Å².